The molecule has 0 bridgehead atoms. The summed E-state index contributed by atoms with van der Waals surface area (Å²) < 4.78 is 16.7. The van der Waals surface area contributed by atoms with E-state index in [1.165, 1.54) is 5.56 Å². The number of benzene rings is 2. The average Bonchev–Trinajstić information content (AvgIpc) is 2.59. The first kappa shape index (κ1) is 16.7. The fraction of sp³-hybridized carbons (Fsp3) is 0.278. The third-order valence-corrected chi connectivity index (χ3v) is 3.53. The van der Waals surface area contributed by atoms with Crippen molar-refractivity contribution in [3.63, 3.8) is 0 Å². The highest BCUT2D eigenvalue weighted by Gasteiger charge is 2.15. The fourth-order valence-corrected chi connectivity index (χ4v) is 2.13. The highest BCUT2D eigenvalue weighted by molar-refractivity contribution is 5.99. The van der Waals surface area contributed by atoms with Crippen molar-refractivity contribution in [3.8, 4) is 17.2 Å². The Morgan fingerprint density at radius 1 is 1.04 bits per heavy atom. The maximum absolute atomic E-state index is 8.93. The molecule has 2 aromatic rings. The molecule has 0 atom stereocenters. The van der Waals surface area contributed by atoms with Crippen LogP contribution in [0.5, 0.6) is 17.2 Å². The van der Waals surface area contributed by atoms with Crippen LogP contribution in [0.4, 0.5) is 0 Å². The van der Waals surface area contributed by atoms with E-state index in [4.69, 9.17) is 19.4 Å². The molecule has 0 heterocycles. The van der Waals surface area contributed by atoms with Crippen LogP contribution in [0.2, 0.25) is 0 Å². The van der Waals surface area contributed by atoms with Gasteiger partial charge in [0.1, 0.15) is 6.61 Å². The lowest BCUT2D eigenvalue weighted by Gasteiger charge is -2.16. The van der Waals surface area contributed by atoms with Crippen LogP contribution in [0, 0.1) is 6.92 Å². The first-order valence-electron chi connectivity index (χ1n) is 7.22. The SMILES string of the molecule is COc1cc(/C(C)=N/O)cc(OC)c1OCc1ccc(C)cc1. The Balaban J connectivity index is 2.31. The largest absolute Gasteiger partial charge is 0.493 e. The summed E-state index contributed by atoms with van der Waals surface area (Å²) in [6.07, 6.45) is 0. The summed E-state index contributed by atoms with van der Waals surface area (Å²) in [6, 6.07) is 11.6. The molecule has 0 spiro atoms. The van der Waals surface area contributed by atoms with Crippen LogP contribution in [0.3, 0.4) is 0 Å². The minimum atomic E-state index is 0.402. The van der Waals surface area contributed by atoms with Gasteiger partial charge in [0.2, 0.25) is 5.75 Å². The van der Waals surface area contributed by atoms with Gasteiger partial charge in [-0.1, -0.05) is 35.0 Å². The van der Waals surface area contributed by atoms with E-state index in [-0.39, 0.29) is 0 Å². The molecule has 23 heavy (non-hydrogen) atoms. The molecule has 2 rings (SSSR count). The van der Waals surface area contributed by atoms with Crippen LogP contribution < -0.4 is 14.2 Å². The lowest BCUT2D eigenvalue weighted by atomic mass is 10.1. The third kappa shape index (κ3) is 3.94. The van der Waals surface area contributed by atoms with Gasteiger partial charge in [0, 0.05) is 5.56 Å². The van der Waals surface area contributed by atoms with Crippen molar-refractivity contribution in [3.05, 3.63) is 53.1 Å². The van der Waals surface area contributed by atoms with Crippen LogP contribution in [-0.2, 0) is 6.61 Å². The van der Waals surface area contributed by atoms with E-state index in [9.17, 15) is 0 Å². The average molecular weight is 315 g/mol. The van der Waals surface area contributed by atoms with E-state index in [1.54, 1.807) is 33.3 Å². The Bertz CT molecular complexity index is 668. The summed E-state index contributed by atoms with van der Waals surface area (Å²) in [6.45, 7) is 4.14. The smallest absolute Gasteiger partial charge is 0.203 e. The second-order valence-electron chi connectivity index (χ2n) is 5.17. The summed E-state index contributed by atoms with van der Waals surface area (Å²) in [5.74, 6) is 1.56. The predicted octanol–water partition coefficient (Wildman–Crippen LogP) is 3.79. The second-order valence-corrected chi connectivity index (χ2v) is 5.17. The summed E-state index contributed by atoms with van der Waals surface area (Å²) in [7, 11) is 3.12. The molecule has 0 aromatic heterocycles. The van der Waals surface area contributed by atoms with Crippen molar-refractivity contribution in [2.24, 2.45) is 5.16 Å². The Morgan fingerprint density at radius 3 is 2.09 bits per heavy atom. The summed E-state index contributed by atoms with van der Waals surface area (Å²) in [5, 5.41) is 12.1. The van der Waals surface area contributed by atoms with Crippen LogP contribution in [0.1, 0.15) is 23.6 Å². The molecule has 0 aliphatic rings. The number of ether oxygens (including phenoxy) is 3. The molecule has 122 valence electrons. The number of aryl methyl sites for hydroxylation is 1. The molecular weight excluding hydrogens is 294 g/mol. The highest BCUT2D eigenvalue weighted by atomic mass is 16.5. The van der Waals surface area contributed by atoms with Gasteiger partial charge >= 0.3 is 0 Å². The van der Waals surface area contributed by atoms with Gasteiger partial charge in [0.15, 0.2) is 11.5 Å². The van der Waals surface area contributed by atoms with Gasteiger partial charge in [-0.3, -0.25) is 0 Å². The van der Waals surface area contributed by atoms with Gasteiger partial charge in [0.05, 0.1) is 19.9 Å². The standard InChI is InChI=1S/C18H21NO4/c1-12-5-7-14(8-6-12)11-23-18-16(21-3)9-15(13(2)19-20)10-17(18)22-4/h5-10,20H,11H2,1-4H3/b19-13+. The van der Waals surface area contributed by atoms with Gasteiger partial charge < -0.3 is 19.4 Å². The van der Waals surface area contributed by atoms with Gasteiger partial charge in [-0.15, -0.1) is 0 Å². The Kier molecular flexibility index (Phi) is 5.46. The van der Waals surface area contributed by atoms with Crippen LogP contribution in [0.15, 0.2) is 41.6 Å². The Hall–Kier alpha value is -2.69. The van der Waals surface area contributed by atoms with E-state index < -0.39 is 0 Å². The molecule has 5 nitrogen and oxygen atoms in total. The number of nitrogens with zero attached hydrogens (tertiary/aromatic N) is 1. The molecule has 0 unspecified atom stereocenters. The first-order chi connectivity index (χ1) is 11.1. The second kappa shape index (κ2) is 7.54. The first-order valence-corrected chi connectivity index (χ1v) is 7.22. The molecule has 0 fully saturated rings. The number of hydrogen-bond donors (Lipinski definition) is 1. The topological polar surface area (TPSA) is 60.3 Å². The van der Waals surface area contributed by atoms with E-state index in [0.717, 1.165) is 5.56 Å². The quantitative estimate of drug-likeness (QED) is 0.500. The molecule has 0 aliphatic heterocycles. The Labute approximate surface area is 136 Å². The van der Waals surface area contributed by atoms with Crippen molar-refractivity contribution in [2.75, 3.05) is 14.2 Å². The van der Waals surface area contributed by atoms with Crippen molar-refractivity contribution >= 4 is 5.71 Å². The monoisotopic (exact) mass is 315 g/mol. The molecule has 0 radical (unpaired) electrons. The molecule has 0 aliphatic carbocycles. The number of rotatable bonds is 6. The summed E-state index contributed by atoms with van der Waals surface area (Å²) >= 11 is 0. The number of oxime groups is 1. The normalized spacial score (nSPS) is 11.2. The molecule has 2 aromatic carbocycles. The summed E-state index contributed by atoms with van der Waals surface area (Å²) in [5.41, 5.74) is 3.42. The Morgan fingerprint density at radius 2 is 1.61 bits per heavy atom. The maximum Gasteiger partial charge on any atom is 0.203 e. The molecule has 1 N–H and O–H groups in total. The molecule has 0 amide bonds. The molecular formula is C18H21NO4. The number of methoxy groups -OCH3 is 2. The van der Waals surface area contributed by atoms with Gasteiger partial charge in [-0.2, -0.15) is 0 Å². The van der Waals surface area contributed by atoms with Gasteiger partial charge in [-0.25, -0.2) is 0 Å². The number of hydrogen-bond acceptors (Lipinski definition) is 5. The predicted molar refractivity (Wildman–Crippen MR) is 89.1 cm³/mol. The van der Waals surface area contributed by atoms with E-state index in [2.05, 4.69) is 5.16 Å². The zero-order valence-electron chi connectivity index (χ0n) is 13.8. The zero-order valence-corrected chi connectivity index (χ0v) is 13.8. The van der Waals surface area contributed by atoms with E-state index in [0.29, 0.717) is 35.1 Å². The van der Waals surface area contributed by atoms with Gasteiger partial charge in [-0.05, 0) is 31.5 Å². The molecule has 5 heteroatoms. The highest BCUT2D eigenvalue weighted by Crippen LogP contribution is 2.39. The minimum absolute atomic E-state index is 0.402. The van der Waals surface area contributed by atoms with Crippen molar-refractivity contribution in [2.45, 2.75) is 20.5 Å². The van der Waals surface area contributed by atoms with Gasteiger partial charge in [0.25, 0.3) is 0 Å². The van der Waals surface area contributed by atoms with Crippen LogP contribution >= 0.6 is 0 Å². The van der Waals surface area contributed by atoms with Crippen LogP contribution in [-0.4, -0.2) is 25.1 Å². The lowest BCUT2D eigenvalue weighted by molar-refractivity contribution is 0.266. The fourth-order valence-electron chi connectivity index (χ4n) is 2.13. The van der Waals surface area contributed by atoms with Crippen LogP contribution in [0.25, 0.3) is 0 Å². The van der Waals surface area contributed by atoms with Crippen molar-refractivity contribution < 1.29 is 19.4 Å². The third-order valence-electron chi connectivity index (χ3n) is 3.53. The lowest BCUT2D eigenvalue weighted by Crippen LogP contribution is -2.03. The zero-order chi connectivity index (χ0) is 16.8. The maximum atomic E-state index is 8.93. The summed E-state index contributed by atoms with van der Waals surface area (Å²) in [4.78, 5) is 0. The van der Waals surface area contributed by atoms with Crippen molar-refractivity contribution in [1.29, 1.82) is 0 Å². The molecule has 0 saturated carbocycles. The van der Waals surface area contributed by atoms with Crippen molar-refractivity contribution in [1.82, 2.24) is 0 Å². The van der Waals surface area contributed by atoms with E-state index in [1.807, 2.05) is 31.2 Å². The minimum Gasteiger partial charge on any atom is -0.493 e. The molecule has 0 saturated heterocycles. The van der Waals surface area contributed by atoms with E-state index >= 15 is 0 Å².